The van der Waals surface area contributed by atoms with E-state index in [0.29, 0.717) is 23.7 Å². The molecule has 3 saturated carbocycles. The van der Waals surface area contributed by atoms with E-state index in [0.717, 1.165) is 32.1 Å². The maximum Gasteiger partial charge on any atom is 0.248 e. The third-order valence-corrected chi connectivity index (χ3v) is 10.3. The smallest absolute Gasteiger partial charge is 0.248 e. The molecule has 0 amide bonds. The van der Waals surface area contributed by atoms with E-state index < -0.39 is 11.5 Å². The molecule has 3 heteroatoms. The first kappa shape index (κ1) is 21.8. The first-order valence-electron chi connectivity index (χ1n) is 12.2. The molecule has 4 aliphatic rings. The van der Waals surface area contributed by atoms with E-state index >= 15 is 0 Å². The van der Waals surface area contributed by atoms with Crippen LogP contribution >= 0.6 is 0 Å². The zero-order valence-corrected chi connectivity index (χ0v) is 19.2. The predicted octanol–water partition coefficient (Wildman–Crippen LogP) is 7.39. The Bertz CT molecular complexity index is 668. The summed E-state index contributed by atoms with van der Waals surface area (Å²) in [4.78, 5) is 0. The van der Waals surface area contributed by atoms with Crippen LogP contribution in [0.5, 0.6) is 0 Å². The Hall–Kier alpha value is -0.440. The average molecular weight is 409 g/mol. The fraction of sp³-hybridized carbons (Fsp3) is 0.923. The molecule has 1 N–H and O–H groups in total. The summed E-state index contributed by atoms with van der Waals surface area (Å²) in [6.45, 7) is 10.6. The lowest BCUT2D eigenvalue weighted by Gasteiger charge is -2.59. The number of fused-ring (bicyclic) bond motifs is 5. The zero-order chi connectivity index (χ0) is 21.2. The van der Waals surface area contributed by atoms with E-state index in [9.17, 15) is 13.9 Å². The second kappa shape index (κ2) is 7.04. The van der Waals surface area contributed by atoms with Crippen LogP contribution in [-0.2, 0) is 0 Å². The van der Waals surface area contributed by atoms with Crippen molar-refractivity contribution in [3.05, 3.63) is 11.6 Å². The molecule has 0 saturated heterocycles. The molecular weight excluding hydrogens is 366 g/mol. The van der Waals surface area contributed by atoms with Gasteiger partial charge in [0, 0.05) is 12.8 Å². The molecule has 0 bridgehead atoms. The molecule has 1 nitrogen and oxygen atoms in total. The third kappa shape index (κ3) is 3.52. The number of halogens is 2. The highest BCUT2D eigenvalue weighted by molar-refractivity contribution is 5.26. The van der Waals surface area contributed by atoms with Crippen LogP contribution in [0.15, 0.2) is 11.6 Å². The number of aliphatic hydroxyl groups is 1. The van der Waals surface area contributed by atoms with E-state index in [1.54, 1.807) is 6.92 Å². The quantitative estimate of drug-likeness (QED) is 0.481. The largest absolute Gasteiger partial charge is 0.390 e. The Labute approximate surface area is 176 Å². The van der Waals surface area contributed by atoms with Gasteiger partial charge in [-0.15, -0.1) is 0 Å². The topological polar surface area (TPSA) is 20.2 Å². The Morgan fingerprint density at radius 2 is 1.83 bits per heavy atom. The van der Waals surface area contributed by atoms with Crippen LogP contribution in [-0.4, -0.2) is 16.6 Å². The van der Waals surface area contributed by atoms with Gasteiger partial charge < -0.3 is 5.11 Å². The summed E-state index contributed by atoms with van der Waals surface area (Å²) in [6.07, 6.45) is 11.3. The fourth-order valence-corrected chi connectivity index (χ4v) is 8.54. The van der Waals surface area contributed by atoms with Crippen molar-refractivity contribution in [2.45, 2.75) is 110 Å². The van der Waals surface area contributed by atoms with Gasteiger partial charge in [-0.2, -0.15) is 0 Å². The zero-order valence-electron chi connectivity index (χ0n) is 19.2. The summed E-state index contributed by atoms with van der Waals surface area (Å²) in [5.74, 6) is 0.126. The van der Waals surface area contributed by atoms with Crippen LogP contribution < -0.4 is 0 Å². The molecule has 8 atom stereocenters. The minimum absolute atomic E-state index is 0.0371. The molecule has 29 heavy (non-hydrogen) atoms. The molecule has 0 spiro atoms. The van der Waals surface area contributed by atoms with E-state index in [1.165, 1.54) is 24.8 Å². The summed E-state index contributed by atoms with van der Waals surface area (Å²) in [5, 5.41) is 10.6. The lowest BCUT2D eigenvalue weighted by molar-refractivity contribution is -0.0810. The van der Waals surface area contributed by atoms with Crippen molar-refractivity contribution in [2.24, 2.45) is 40.4 Å². The number of alkyl halides is 2. The van der Waals surface area contributed by atoms with Gasteiger partial charge in [0.1, 0.15) is 0 Å². The van der Waals surface area contributed by atoms with E-state index in [1.807, 2.05) is 6.92 Å². The van der Waals surface area contributed by atoms with Crippen molar-refractivity contribution >= 4 is 0 Å². The van der Waals surface area contributed by atoms with Crippen molar-refractivity contribution in [1.29, 1.82) is 0 Å². The highest BCUT2D eigenvalue weighted by Crippen LogP contribution is 2.67. The molecule has 0 aliphatic heterocycles. The highest BCUT2D eigenvalue weighted by atomic mass is 19.3. The monoisotopic (exact) mass is 408 g/mol. The van der Waals surface area contributed by atoms with E-state index in [4.69, 9.17) is 0 Å². The SMILES string of the molecule is CCC(F)(F)C[C@@H](C)[C@H]1CC[C@H]2[C@@H]3CC=C4C[C@@](C)(O)CC[C@]4(C)[C@H]3CC[C@]12C. The molecule has 0 aromatic heterocycles. The van der Waals surface area contributed by atoms with Crippen molar-refractivity contribution in [3.63, 3.8) is 0 Å². The molecule has 0 aromatic carbocycles. The first-order valence-corrected chi connectivity index (χ1v) is 12.2. The first-order chi connectivity index (χ1) is 13.4. The van der Waals surface area contributed by atoms with Gasteiger partial charge in [0.25, 0.3) is 0 Å². The van der Waals surface area contributed by atoms with Crippen LogP contribution in [0.2, 0.25) is 0 Å². The van der Waals surface area contributed by atoms with Crippen LogP contribution in [0, 0.1) is 40.4 Å². The summed E-state index contributed by atoms with van der Waals surface area (Å²) in [7, 11) is 0. The van der Waals surface area contributed by atoms with Gasteiger partial charge in [-0.3, -0.25) is 0 Å². The molecule has 4 aliphatic carbocycles. The van der Waals surface area contributed by atoms with Crippen molar-refractivity contribution < 1.29 is 13.9 Å². The molecule has 166 valence electrons. The molecule has 4 rings (SSSR count). The number of hydrogen-bond acceptors (Lipinski definition) is 1. The molecule has 0 radical (unpaired) electrons. The summed E-state index contributed by atoms with van der Waals surface area (Å²) in [6, 6.07) is 0. The van der Waals surface area contributed by atoms with Crippen LogP contribution in [0.25, 0.3) is 0 Å². The minimum atomic E-state index is -2.51. The van der Waals surface area contributed by atoms with Gasteiger partial charge in [0.2, 0.25) is 5.92 Å². The predicted molar refractivity (Wildman–Crippen MR) is 115 cm³/mol. The van der Waals surface area contributed by atoms with Gasteiger partial charge in [0.05, 0.1) is 5.60 Å². The Morgan fingerprint density at radius 3 is 2.52 bits per heavy atom. The van der Waals surface area contributed by atoms with Crippen LogP contribution in [0.1, 0.15) is 98.8 Å². The van der Waals surface area contributed by atoms with Crippen molar-refractivity contribution in [3.8, 4) is 0 Å². The van der Waals surface area contributed by atoms with Crippen LogP contribution in [0.4, 0.5) is 8.78 Å². The summed E-state index contributed by atoms with van der Waals surface area (Å²) >= 11 is 0. The summed E-state index contributed by atoms with van der Waals surface area (Å²) in [5.41, 5.74) is 1.43. The lowest BCUT2D eigenvalue weighted by atomic mass is 9.46. The fourth-order valence-electron chi connectivity index (χ4n) is 8.54. The minimum Gasteiger partial charge on any atom is -0.390 e. The van der Waals surface area contributed by atoms with Crippen molar-refractivity contribution in [1.82, 2.24) is 0 Å². The number of allylic oxidation sites excluding steroid dienone is 1. The number of hydrogen-bond donors (Lipinski definition) is 1. The standard InChI is InChI=1S/C26H42F2O/c1-6-26(27,28)15-17(2)20-9-10-21-19-8-7-18-16-23(3,29)13-14-24(18,4)22(19)11-12-25(20,21)5/h7,17,19-22,29H,6,8-16H2,1-5H3/t17-,19+,20-,21+,22+,23+,24+,25-/m1/s1. The van der Waals surface area contributed by atoms with Crippen LogP contribution in [0.3, 0.4) is 0 Å². The van der Waals surface area contributed by atoms with Gasteiger partial charge in [-0.25, -0.2) is 8.78 Å². The normalized spacial score (nSPS) is 48.3. The Morgan fingerprint density at radius 1 is 1.10 bits per heavy atom. The van der Waals surface area contributed by atoms with E-state index in [2.05, 4.69) is 26.8 Å². The van der Waals surface area contributed by atoms with E-state index in [-0.39, 0.29) is 29.6 Å². The van der Waals surface area contributed by atoms with Gasteiger partial charge >= 0.3 is 0 Å². The second-order valence-corrected chi connectivity index (χ2v) is 12.1. The Kier molecular flexibility index (Phi) is 5.29. The van der Waals surface area contributed by atoms with Gasteiger partial charge in [-0.05, 0) is 98.7 Å². The molecule has 0 aromatic rings. The third-order valence-electron chi connectivity index (χ3n) is 10.3. The lowest BCUT2D eigenvalue weighted by Crippen LogP contribution is -2.52. The maximum absolute atomic E-state index is 14.1. The summed E-state index contributed by atoms with van der Waals surface area (Å²) < 4.78 is 28.3. The molecule has 3 fully saturated rings. The second-order valence-electron chi connectivity index (χ2n) is 12.1. The average Bonchev–Trinajstić information content (AvgIpc) is 2.99. The highest BCUT2D eigenvalue weighted by Gasteiger charge is 2.60. The molecule has 0 unspecified atom stereocenters. The van der Waals surface area contributed by atoms with Gasteiger partial charge in [-0.1, -0.05) is 39.3 Å². The number of rotatable bonds is 4. The molecular formula is C26H42F2O. The Balaban J connectivity index is 1.56. The molecule has 0 heterocycles. The maximum atomic E-state index is 14.1. The van der Waals surface area contributed by atoms with Gasteiger partial charge in [0.15, 0.2) is 0 Å². The van der Waals surface area contributed by atoms with Crippen molar-refractivity contribution in [2.75, 3.05) is 0 Å².